The van der Waals surface area contributed by atoms with Crippen LogP contribution in [0, 0.1) is 0 Å². The molecule has 0 aliphatic heterocycles. The maximum Gasteiger partial charge on any atom is 0.317 e. The van der Waals surface area contributed by atoms with Crippen molar-refractivity contribution in [2.45, 2.75) is 26.0 Å². The summed E-state index contributed by atoms with van der Waals surface area (Å²) in [5.74, 6) is -0.897. The average molecular weight is 249 g/mol. The van der Waals surface area contributed by atoms with Crippen LogP contribution in [0.1, 0.15) is 13.8 Å². The fraction of sp³-hybridized carbons (Fsp3) is 0.909. The van der Waals surface area contributed by atoms with Crippen molar-refractivity contribution >= 4 is 5.97 Å². The zero-order chi connectivity index (χ0) is 13.3. The Bertz CT molecular complexity index is 210. The number of carboxylic acids is 1. The summed E-state index contributed by atoms with van der Waals surface area (Å²) >= 11 is 0. The van der Waals surface area contributed by atoms with Gasteiger partial charge in [0.05, 0.1) is 32.5 Å². The molecule has 2 N–H and O–H groups in total. The minimum Gasteiger partial charge on any atom is -0.480 e. The topological polar surface area (TPSA) is 79.2 Å². The molecule has 0 saturated carbocycles. The number of aliphatic carboxylic acids is 1. The van der Waals surface area contributed by atoms with Gasteiger partial charge < -0.3 is 19.7 Å². The molecule has 0 spiro atoms. The quantitative estimate of drug-likeness (QED) is 0.522. The fourth-order valence-electron chi connectivity index (χ4n) is 1.32. The number of methoxy groups -OCH3 is 1. The SMILES string of the molecule is COCCOCC(O)CN(CC(=O)O)C(C)C. The number of carbonyl (C=O) groups is 1. The van der Waals surface area contributed by atoms with Gasteiger partial charge >= 0.3 is 5.97 Å². The number of ether oxygens (including phenoxy) is 2. The Hall–Kier alpha value is -0.690. The molecule has 0 heterocycles. The standard InChI is InChI=1S/C11H23NO5/c1-9(2)12(7-11(14)15)6-10(13)8-17-5-4-16-3/h9-10,13H,4-8H2,1-3H3,(H,14,15). The van der Waals surface area contributed by atoms with Gasteiger partial charge in [-0.25, -0.2) is 0 Å². The molecule has 1 unspecified atom stereocenters. The summed E-state index contributed by atoms with van der Waals surface area (Å²) in [5.41, 5.74) is 0. The Kier molecular flexibility index (Phi) is 8.97. The molecular weight excluding hydrogens is 226 g/mol. The molecule has 0 aliphatic rings. The van der Waals surface area contributed by atoms with E-state index in [0.29, 0.717) is 13.2 Å². The third-order valence-corrected chi connectivity index (χ3v) is 2.26. The van der Waals surface area contributed by atoms with Crippen LogP contribution in [-0.4, -0.2) is 73.2 Å². The molecule has 0 saturated heterocycles. The lowest BCUT2D eigenvalue weighted by Crippen LogP contribution is -2.42. The van der Waals surface area contributed by atoms with Crippen LogP contribution < -0.4 is 0 Å². The first kappa shape index (κ1) is 16.3. The van der Waals surface area contributed by atoms with Crippen LogP contribution in [0.4, 0.5) is 0 Å². The zero-order valence-electron chi connectivity index (χ0n) is 10.8. The third-order valence-electron chi connectivity index (χ3n) is 2.26. The Morgan fingerprint density at radius 1 is 1.35 bits per heavy atom. The minimum absolute atomic E-state index is 0.0692. The van der Waals surface area contributed by atoms with Crippen LogP contribution >= 0.6 is 0 Å². The van der Waals surface area contributed by atoms with E-state index < -0.39 is 12.1 Å². The Labute approximate surface area is 102 Å². The Balaban J connectivity index is 3.87. The molecule has 0 aromatic heterocycles. The second-order valence-electron chi connectivity index (χ2n) is 4.14. The van der Waals surface area contributed by atoms with Gasteiger partial charge in [0.25, 0.3) is 0 Å². The van der Waals surface area contributed by atoms with E-state index in [1.165, 1.54) is 0 Å². The van der Waals surface area contributed by atoms with Gasteiger partial charge in [0.1, 0.15) is 0 Å². The molecule has 0 radical (unpaired) electrons. The Morgan fingerprint density at radius 2 is 2.00 bits per heavy atom. The predicted molar refractivity (Wildman–Crippen MR) is 63.0 cm³/mol. The van der Waals surface area contributed by atoms with E-state index in [1.807, 2.05) is 13.8 Å². The molecule has 0 aromatic rings. The lowest BCUT2D eigenvalue weighted by atomic mass is 10.2. The molecule has 0 aliphatic carbocycles. The second-order valence-corrected chi connectivity index (χ2v) is 4.14. The van der Waals surface area contributed by atoms with Crippen molar-refractivity contribution in [3.05, 3.63) is 0 Å². The molecule has 0 rings (SSSR count). The highest BCUT2D eigenvalue weighted by Gasteiger charge is 2.17. The molecule has 0 bridgehead atoms. The summed E-state index contributed by atoms with van der Waals surface area (Å²) < 4.78 is 9.97. The van der Waals surface area contributed by atoms with E-state index in [4.69, 9.17) is 14.6 Å². The highest BCUT2D eigenvalue weighted by molar-refractivity contribution is 5.69. The van der Waals surface area contributed by atoms with Gasteiger partial charge in [0, 0.05) is 19.7 Å². The zero-order valence-corrected chi connectivity index (χ0v) is 10.8. The van der Waals surface area contributed by atoms with E-state index in [2.05, 4.69) is 0 Å². The van der Waals surface area contributed by atoms with E-state index in [-0.39, 0.29) is 25.7 Å². The summed E-state index contributed by atoms with van der Waals surface area (Å²) in [5, 5.41) is 18.4. The van der Waals surface area contributed by atoms with E-state index in [1.54, 1.807) is 12.0 Å². The lowest BCUT2D eigenvalue weighted by molar-refractivity contribution is -0.139. The van der Waals surface area contributed by atoms with Crippen molar-refractivity contribution in [2.75, 3.05) is 40.0 Å². The van der Waals surface area contributed by atoms with E-state index >= 15 is 0 Å². The van der Waals surface area contributed by atoms with Crippen LogP contribution in [0.3, 0.4) is 0 Å². The van der Waals surface area contributed by atoms with Gasteiger partial charge in [-0.2, -0.15) is 0 Å². The molecule has 6 nitrogen and oxygen atoms in total. The van der Waals surface area contributed by atoms with Crippen LogP contribution in [0.15, 0.2) is 0 Å². The van der Waals surface area contributed by atoms with Gasteiger partial charge in [0.15, 0.2) is 0 Å². The van der Waals surface area contributed by atoms with Crippen molar-refractivity contribution < 1.29 is 24.5 Å². The van der Waals surface area contributed by atoms with Gasteiger partial charge in [-0.3, -0.25) is 9.69 Å². The molecular formula is C11H23NO5. The summed E-state index contributed by atoms with van der Waals surface area (Å²) in [4.78, 5) is 12.3. The first-order chi connectivity index (χ1) is 7.97. The second kappa shape index (κ2) is 9.35. The van der Waals surface area contributed by atoms with Crippen molar-refractivity contribution in [1.82, 2.24) is 4.90 Å². The van der Waals surface area contributed by atoms with E-state index in [0.717, 1.165) is 0 Å². The van der Waals surface area contributed by atoms with Crippen LogP contribution in [0.25, 0.3) is 0 Å². The normalized spacial score (nSPS) is 13.3. The average Bonchev–Trinajstić information content (AvgIpc) is 2.22. The minimum atomic E-state index is -0.897. The number of aliphatic hydroxyl groups is 1. The molecule has 0 aromatic carbocycles. The molecule has 6 heteroatoms. The first-order valence-electron chi connectivity index (χ1n) is 5.68. The molecule has 17 heavy (non-hydrogen) atoms. The van der Waals surface area contributed by atoms with Crippen molar-refractivity contribution in [3.63, 3.8) is 0 Å². The largest absolute Gasteiger partial charge is 0.480 e. The molecule has 0 amide bonds. The van der Waals surface area contributed by atoms with Gasteiger partial charge in [-0.05, 0) is 13.8 Å². The molecule has 0 fully saturated rings. The van der Waals surface area contributed by atoms with Crippen LogP contribution in [0.5, 0.6) is 0 Å². The Morgan fingerprint density at radius 3 is 2.47 bits per heavy atom. The lowest BCUT2D eigenvalue weighted by Gasteiger charge is -2.26. The number of nitrogens with zero attached hydrogens (tertiary/aromatic N) is 1. The highest BCUT2D eigenvalue weighted by atomic mass is 16.5. The number of hydrogen-bond donors (Lipinski definition) is 2. The van der Waals surface area contributed by atoms with Gasteiger partial charge in [0.2, 0.25) is 0 Å². The van der Waals surface area contributed by atoms with Gasteiger partial charge in [-0.1, -0.05) is 0 Å². The summed E-state index contributed by atoms with van der Waals surface area (Å²) in [6.07, 6.45) is -0.686. The fourth-order valence-corrected chi connectivity index (χ4v) is 1.32. The molecule has 1 atom stereocenters. The summed E-state index contributed by atoms with van der Waals surface area (Å²) in [7, 11) is 1.58. The first-order valence-corrected chi connectivity index (χ1v) is 5.68. The highest BCUT2D eigenvalue weighted by Crippen LogP contribution is 2.00. The molecule has 102 valence electrons. The number of rotatable bonds is 10. The number of carboxylic acid groups (broad SMARTS) is 1. The van der Waals surface area contributed by atoms with Crippen LogP contribution in [-0.2, 0) is 14.3 Å². The van der Waals surface area contributed by atoms with Crippen molar-refractivity contribution in [3.8, 4) is 0 Å². The van der Waals surface area contributed by atoms with Gasteiger partial charge in [-0.15, -0.1) is 0 Å². The summed E-state index contributed by atoms with van der Waals surface area (Å²) in [6.45, 7) is 5.09. The maximum atomic E-state index is 10.6. The van der Waals surface area contributed by atoms with Crippen molar-refractivity contribution in [1.29, 1.82) is 0 Å². The van der Waals surface area contributed by atoms with Crippen molar-refractivity contribution in [2.24, 2.45) is 0 Å². The summed E-state index contributed by atoms with van der Waals surface area (Å²) in [6, 6.07) is 0.0692. The van der Waals surface area contributed by atoms with Crippen LogP contribution in [0.2, 0.25) is 0 Å². The van der Waals surface area contributed by atoms with E-state index in [9.17, 15) is 9.90 Å². The predicted octanol–water partition coefficient (Wildman–Crippen LogP) is -0.195. The smallest absolute Gasteiger partial charge is 0.317 e. The maximum absolute atomic E-state index is 10.6. The monoisotopic (exact) mass is 249 g/mol. The number of aliphatic hydroxyl groups excluding tert-OH is 1. The number of hydrogen-bond acceptors (Lipinski definition) is 5. The third kappa shape index (κ3) is 9.05.